The van der Waals surface area contributed by atoms with Gasteiger partial charge in [0.15, 0.2) is 5.13 Å². The summed E-state index contributed by atoms with van der Waals surface area (Å²) < 4.78 is 5.53. The fourth-order valence-electron chi connectivity index (χ4n) is 5.68. The normalized spacial score (nSPS) is 23.7. The van der Waals surface area contributed by atoms with E-state index in [-0.39, 0.29) is 35.5 Å². The zero-order valence-electron chi connectivity index (χ0n) is 18.7. The molecule has 0 spiro atoms. The van der Waals surface area contributed by atoms with Crippen molar-refractivity contribution in [1.82, 2.24) is 10.3 Å². The lowest BCUT2D eigenvalue weighted by molar-refractivity contribution is -0.143. The predicted octanol–water partition coefficient (Wildman–Crippen LogP) is 4.49. The van der Waals surface area contributed by atoms with E-state index in [4.69, 9.17) is 4.74 Å². The summed E-state index contributed by atoms with van der Waals surface area (Å²) in [6.07, 6.45) is 2.61. The van der Waals surface area contributed by atoms with Crippen LogP contribution in [0.1, 0.15) is 46.0 Å². The first kappa shape index (κ1) is 21.8. The van der Waals surface area contributed by atoms with Crippen LogP contribution in [0, 0.1) is 11.3 Å². The molecule has 9 heteroatoms. The number of anilines is 1. The van der Waals surface area contributed by atoms with Crippen LogP contribution in [-0.2, 0) is 9.53 Å². The fourth-order valence-corrected chi connectivity index (χ4v) is 6.39. The van der Waals surface area contributed by atoms with Crippen molar-refractivity contribution in [1.29, 1.82) is 0 Å². The molecule has 3 N–H and O–H groups in total. The number of aromatic nitrogens is 1. The van der Waals surface area contributed by atoms with Crippen LogP contribution < -0.4 is 10.6 Å². The second-order valence-electron chi connectivity index (χ2n) is 9.45. The highest BCUT2D eigenvalue weighted by molar-refractivity contribution is 7.17. The lowest BCUT2D eigenvalue weighted by atomic mass is 9.98. The Morgan fingerprint density at radius 1 is 1.06 bits per heavy atom. The van der Waals surface area contributed by atoms with E-state index < -0.39 is 17.5 Å². The van der Waals surface area contributed by atoms with Crippen LogP contribution in [0.25, 0.3) is 11.1 Å². The number of carbonyl (C=O) groups is 3. The minimum atomic E-state index is -0.772. The summed E-state index contributed by atoms with van der Waals surface area (Å²) in [5.41, 5.74) is 3.92. The van der Waals surface area contributed by atoms with E-state index in [1.807, 2.05) is 24.3 Å². The highest BCUT2D eigenvalue weighted by Gasteiger charge is 2.65. The van der Waals surface area contributed by atoms with Crippen molar-refractivity contribution in [3.05, 3.63) is 70.7 Å². The molecule has 3 aromatic rings. The monoisotopic (exact) mass is 489 g/mol. The largest absolute Gasteiger partial charge is 0.481 e. The number of ether oxygens (including phenoxy) is 1. The number of nitrogens with one attached hydrogen (secondary N) is 2. The summed E-state index contributed by atoms with van der Waals surface area (Å²) in [6.45, 7) is 0.187. The number of hydrogen-bond acceptors (Lipinski definition) is 6. The van der Waals surface area contributed by atoms with Crippen LogP contribution in [-0.4, -0.2) is 40.7 Å². The van der Waals surface area contributed by atoms with E-state index in [1.54, 1.807) is 0 Å². The molecule has 0 bridgehead atoms. The van der Waals surface area contributed by atoms with Gasteiger partial charge in [0.1, 0.15) is 11.5 Å². The number of carboxylic acids is 1. The Kier molecular flexibility index (Phi) is 5.10. The minimum absolute atomic E-state index is 0.0440. The molecule has 6 rings (SSSR count). The summed E-state index contributed by atoms with van der Waals surface area (Å²) in [5.74, 6) is -0.975. The molecule has 178 valence electrons. The van der Waals surface area contributed by atoms with Crippen molar-refractivity contribution in [2.45, 2.75) is 31.2 Å². The summed E-state index contributed by atoms with van der Waals surface area (Å²) >= 11 is 1.05. The molecule has 2 aromatic carbocycles. The molecule has 2 amide bonds. The first-order valence-electron chi connectivity index (χ1n) is 11.6. The van der Waals surface area contributed by atoms with E-state index in [0.29, 0.717) is 24.1 Å². The number of carbonyl (C=O) groups excluding carboxylic acids is 2. The summed E-state index contributed by atoms with van der Waals surface area (Å²) in [4.78, 5) is 41.0. The van der Waals surface area contributed by atoms with E-state index in [2.05, 4.69) is 39.9 Å². The molecule has 2 fully saturated rings. The minimum Gasteiger partial charge on any atom is -0.481 e. The van der Waals surface area contributed by atoms with Gasteiger partial charge < -0.3 is 15.2 Å². The van der Waals surface area contributed by atoms with E-state index in [0.717, 1.165) is 33.6 Å². The number of carboxylic acid groups (broad SMARTS) is 1. The Balaban J connectivity index is 1.05. The Bertz CT molecular complexity index is 1310. The maximum absolute atomic E-state index is 12.6. The van der Waals surface area contributed by atoms with Crippen molar-refractivity contribution in [3.8, 4) is 11.1 Å². The molecule has 8 nitrogen and oxygen atoms in total. The van der Waals surface area contributed by atoms with Crippen LogP contribution in [0.3, 0.4) is 0 Å². The quantitative estimate of drug-likeness (QED) is 0.470. The molecule has 0 aliphatic heterocycles. The Labute approximate surface area is 205 Å². The van der Waals surface area contributed by atoms with Gasteiger partial charge in [-0.15, -0.1) is 0 Å². The first-order chi connectivity index (χ1) is 16.9. The van der Waals surface area contributed by atoms with Crippen molar-refractivity contribution in [3.63, 3.8) is 0 Å². The van der Waals surface area contributed by atoms with Gasteiger partial charge >= 0.3 is 12.1 Å². The average molecular weight is 490 g/mol. The highest BCUT2D eigenvalue weighted by Crippen LogP contribution is 2.63. The Morgan fingerprint density at radius 3 is 2.40 bits per heavy atom. The zero-order chi connectivity index (χ0) is 24.2. The van der Waals surface area contributed by atoms with Crippen molar-refractivity contribution < 1.29 is 24.2 Å². The number of benzene rings is 2. The molecule has 3 aliphatic rings. The van der Waals surface area contributed by atoms with Crippen LogP contribution >= 0.6 is 11.3 Å². The number of fused-ring (bicyclic) bond motifs is 4. The van der Waals surface area contributed by atoms with Crippen molar-refractivity contribution >= 4 is 34.4 Å². The van der Waals surface area contributed by atoms with Gasteiger partial charge in [0.05, 0.1) is 11.6 Å². The zero-order valence-corrected chi connectivity index (χ0v) is 19.5. The van der Waals surface area contributed by atoms with Gasteiger partial charge in [-0.05, 0) is 47.4 Å². The SMILES string of the molecule is O=C(Nc1ncc(C(=O)N[C@H]2C[C@@H]3C[C@]3(C(=O)O)C2)s1)OCC1c2ccccc2-c2ccccc21. The smallest absolute Gasteiger partial charge is 0.413 e. The first-order valence-corrected chi connectivity index (χ1v) is 12.4. The average Bonchev–Trinajstić information content (AvgIpc) is 3.17. The van der Waals surface area contributed by atoms with Crippen molar-refractivity contribution in [2.24, 2.45) is 11.3 Å². The molecular weight excluding hydrogens is 466 g/mol. The Morgan fingerprint density at radius 2 is 1.74 bits per heavy atom. The molecular formula is C26H23N3O5S. The fraction of sp³-hybridized carbons (Fsp3) is 0.308. The number of rotatable bonds is 6. The molecule has 35 heavy (non-hydrogen) atoms. The van der Waals surface area contributed by atoms with Gasteiger partial charge in [0.2, 0.25) is 0 Å². The Hall–Kier alpha value is -3.72. The van der Waals surface area contributed by atoms with E-state index in [1.165, 1.54) is 6.20 Å². The summed E-state index contributed by atoms with van der Waals surface area (Å²) in [7, 11) is 0. The standard InChI is InChI=1S/C26H23N3O5S/c30-22(28-15-9-14-10-26(14,11-15)23(31)32)21-12-27-24(35-21)29-25(33)34-13-20-18-7-3-1-5-16(18)17-6-2-4-8-19(17)20/h1-8,12,14-15,20H,9-11,13H2,(H,28,30)(H,31,32)(H,27,29,33)/t14-,15+,26+/m1/s1. The van der Waals surface area contributed by atoms with Gasteiger partial charge in [-0.3, -0.25) is 14.9 Å². The van der Waals surface area contributed by atoms with Gasteiger partial charge in [0.25, 0.3) is 5.91 Å². The third-order valence-corrected chi connectivity index (χ3v) is 8.37. The number of hydrogen-bond donors (Lipinski definition) is 3. The number of nitrogens with zero attached hydrogens (tertiary/aromatic N) is 1. The molecule has 3 atom stereocenters. The molecule has 3 aliphatic carbocycles. The third kappa shape index (κ3) is 3.76. The molecule has 0 radical (unpaired) electrons. The lowest BCUT2D eigenvalue weighted by Crippen LogP contribution is -2.34. The molecule has 2 saturated carbocycles. The number of amides is 2. The number of thiazole rings is 1. The summed E-state index contributed by atoms with van der Waals surface area (Å²) in [5, 5.41) is 15.2. The molecule has 0 unspecified atom stereocenters. The predicted molar refractivity (Wildman–Crippen MR) is 129 cm³/mol. The summed E-state index contributed by atoms with van der Waals surface area (Å²) in [6, 6.07) is 16.1. The number of aliphatic carboxylic acids is 1. The van der Waals surface area contributed by atoms with E-state index >= 15 is 0 Å². The van der Waals surface area contributed by atoms with Gasteiger partial charge in [-0.25, -0.2) is 9.78 Å². The van der Waals surface area contributed by atoms with Crippen LogP contribution in [0.2, 0.25) is 0 Å². The van der Waals surface area contributed by atoms with Gasteiger partial charge in [0, 0.05) is 12.0 Å². The second kappa shape index (κ2) is 8.20. The maximum Gasteiger partial charge on any atom is 0.413 e. The molecule has 1 heterocycles. The van der Waals surface area contributed by atoms with Gasteiger partial charge in [-0.1, -0.05) is 59.9 Å². The van der Waals surface area contributed by atoms with Crippen LogP contribution in [0.4, 0.5) is 9.93 Å². The van der Waals surface area contributed by atoms with Crippen LogP contribution in [0.5, 0.6) is 0 Å². The van der Waals surface area contributed by atoms with Crippen LogP contribution in [0.15, 0.2) is 54.7 Å². The highest BCUT2D eigenvalue weighted by atomic mass is 32.1. The van der Waals surface area contributed by atoms with Crippen molar-refractivity contribution in [2.75, 3.05) is 11.9 Å². The molecule has 0 saturated heterocycles. The van der Waals surface area contributed by atoms with Gasteiger partial charge in [-0.2, -0.15) is 0 Å². The second-order valence-corrected chi connectivity index (χ2v) is 10.5. The lowest BCUT2D eigenvalue weighted by Gasteiger charge is -2.15. The van der Waals surface area contributed by atoms with E-state index in [9.17, 15) is 19.5 Å². The topological polar surface area (TPSA) is 118 Å². The third-order valence-electron chi connectivity index (χ3n) is 7.45. The maximum atomic E-state index is 12.6. The molecule has 1 aromatic heterocycles.